The van der Waals surface area contributed by atoms with Gasteiger partial charge >= 0.3 is 0 Å². The standard InChI is InChI=1S/C21H20N6O2/c28-21(16-3-4-17-15(11-16)5-6-23-17)27-9-1-2-14(13-27)10-19-25-20(26-29-19)18-12-22-7-8-24-18/h3-8,11-12,14,23H,1-2,9-10,13H2/t14-/m0/s1. The normalized spacial score (nSPS) is 17.0. The first-order valence-corrected chi connectivity index (χ1v) is 9.71. The molecule has 1 aliphatic heterocycles. The molecule has 4 heterocycles. The molecule has 146 valence electrons. The first kappa shape index (κ1) is 17.5. The maximum Gasteiger partial charge on any atom is 0.253 e. The van der Waals surface area contributed by atoms with E-state index in [-0.39, 0.29) is 5.91 Å². The van der Waals surface area contributed by atoms with Crippen molar-refractivity contribution in [1.82, 2.24) is 30.0 Å². The summed E-state index contributed by atoms with van der Waals surface area (Å²) < 4.78 is 5.41. The third-order valence-corrected chi connectivity index (χ3v) is 5.33. The third-order valence-electron chi connectivity index (χ3n) is 5.33. The highest BCUT2D eigenvalue weighted by molar-refractivity contribution is 5.98. The Hall–Kier alpha value is -3.55. The van der Waals surface area contributed by atoms with Gasteiger partial charge in [0.25, 0.3) is 5.91 Å². The number of hydrogen-bond acceptors (Lipinski definition) is 6. The molecule has 0 saturated carbocycles. The van der Waals surface area contributed by atoms with E-state index in [9.17, 15) is 4.79 Å². The minimum absolute atomic E-state index is 0.0728. The van der Waals surface area contributed by atoms with Gasteiger partial charge in [0, 0.05) is 54.6 Å². The van der Waals surface area contributed by atoms with Crippen LogP contribution in [0.25, 0.3) is 22.4 Å². The SMILES string of the molecule is O=C(c1ccc2[nH]ccc2c1)N1CCC[C@@H](Cc2nc(-c3cnccn3)no2)C1. The molecular formula is C21H20N6O2. The molecule has 1 aromatic carbocycles. The summed E-state index contributed by atoms with van der Waals surface area (Å²) in [5, 5.41) is 5.05. The lowest BCUT2D eigenvalue weighted by Crippen LogP contribution is -2.40. The highest BCUT2D eigenvalue weighted by atomic mass is 16.5. The van der Waals surface area contributed by atoms with Gasteiger partial charge in [0.15, 0.2) is 0 Å². The minimum atomic E-state index is 0.0728. The van der Waals surface area contributed by atoms with Gasteiger partial charge in [-0.15, -0.1) is 0 Å². The summed E-state index contributed by atoms with van der Waals surface area (Å²) in [5.74, 6) is 1.37. The maximum absolute atomic E-state index is 13.0. The van der Waals surface area contributed by atoms with E-state index in [4.69, 9.17) is 4.52 Å². The molecule has 0 aliphatic carbocycles. The molecule has 8 nitrogen and oxygen atoms in total. The van der Waals surface area contributed by atoms with Gasteiger partial charge in [-0.05, 0) is 43.0 Å². The fourth-order valence-electron chi connectivity index (χ4n) is 3.89. The summed E-state index contributed by atoms with van der Waals surface area (Å²) in [6, 6.07) is 7.77. The van der Waals surface area contributed by atoms with Crippen molar-refractivity contribution in [3.63, 3.8) is 0 Å². The van der Waals surface area contributed by atoms with Gasteiger partial charge in [-0.1, -0.05) is 5.16 Å². The lowest BCUT2D eigenvalue weighted by atomic mass is 9.94. The molecule has 29 heavy (non-hydrogen) atoms. The van der Waals surface area contributed by atoms with Crippen molar-refractivity contribution in [3.8, 4) is 11.5 Å². The van der Waals surface area contributed by atoms with Crippen LogP contribution < -0.4 is 0 Å². The number of likely N-dealkylation sites (tertiary alicyclic amines) is 1. The minimum Gasteiger partial charge on any atom is -0.361 e. The number of H-pyrrole nitrogens is 1. The van der Waals surface area contributed by atoms with Crippen LogP contribution in [-0.2, 0) is 6.42 Å². The number of nitrogens with zero attached hydrogens (tertiary/aromatic N) is 5. The average Bonchev–Trinajstić information content (AvgIpc) is 3.43. The lowest BCUT2D eigenvalue weighted by molar-refractivity contribution is 0.0668. The first-order chi connectivity index (χ1) is 14.3. The smallest absolute Gasteiger partial charge is 0.253 e. The van der Waals surface area contributed by atoms with Gasteiger partial charge in [0.2, 0.25) is 11.7 Å². The van der Waals surface area contributed by atoms with Crippen molar-refractivity contribution < 1.29 is 9.32 Å². The molecule has 1 fully saturated rings. The van der Waals surface area contributed by atoms with E-state index in [1.54, 1.807) is 18.6 Å². The maximum atomic E-state index is 13.0. The van der Waals surface area contributed by atoms with Crippen molar-refractivity contribution in [2.75, 3.05) is 13.1 Å². The average molecular weight is 388 g/mol. The Morgan fingerprint density at radius 3 is 3.14 bits per heavy atom. The fraction of sp³-hybridized carbons (Fsp3) is 0.286. The van der Waals surface area contributed by atoms with Crippen LogP contribution in [0, 0.1) is 5.92 Å². The predicted octanol–water partition coefficient (Wildman–Crippen LogP) is 3.10. The van der Waals surface area contributed by atoms with Gasteiger partial charge in [-0.2, -0.15) is 4.98 Å². The largest absolute Gasteiger partial charge is 0.361 e. The highest BCUT2D eigenvalue weighted by Gasteiger charge is 2.26. The van der Waals surface area contributed by atoms with Gasteiger partial charge < -0.3 is 14.4 Å². The molecule has 0 bridgehead atoms. The number of nitrogens with one attached hydrogen (secondary N) is 1. The number of carbonyl (C=O) groups excluding carboxylic acids is 1. The number of fused-ring (bicyclic) bond motifs is 1. The molecule has 1 aliphatic rings. The summed E-state index contributed by atoms with van der Waals surface area (Å²) in [6.07, 6.45) is 9.34. The zero-order valence-electron chi connectivity index (χ0n) is 15.8. The number of aromatic amines is 1. The highest BCUT2D eigenvalue weighted by Crippen LogP contribution is 2.24. The van der Waals surface area contributed by atoms with Crippen LogP contribution in [-0.4, -0.2) is 49.0 Å². The van der Waals surface area contributed by atoms with E-state index in [1.165, 1.54) is 0 Å². The molecule has 0 unspecified atom stereocenters. The van der Waals surface area contributed by atoms with Crippen LogP contribution in [0.1, 0.15) is 29.1 Å². The van der Waals surface area contributed by atoms with Crippen LogP contribution in [0.15, 0.2) is 53.6 Å². The van der Waals surface area contributed by atoms with Crippen molar-refractivity contribution in [1.29, 1.82) is 0 Å². The molecule has 8 heteroatoms. The molecule has 0 spiro atoms. The summed E-state index contributed by atoms with van der Waals surface area (Å²) in [5.41, 5.74) is 2.34. The Kier molecular flexibility index (Phi) is 4.51. The van der Waals surface area contributed by atoms with E-state index < -0.39 is 0 Å². The van der Waals surface area contributed by atoms with E-state index >= 15 is 0 Å². The Morgan fingerprint density at radius 1 is 1.28 bits per heavy atom. The van der Waals surface area contributed by atoms with Crippen LogP contribution in [0.5, 0.6) is 0 Å². The Labute approximate surface area is 167 Å². The zero-order valence-corrected chi connectivity index (χ0v) is 15.8. The second-order valence-electron chi connectivity index (χ2n) is 7.35. The van der Waals surface area contributed by atoms with E-state index in [0.717, 1.165) is 35.9 Å². The predicted molar refractivity (Wildman–Crippen MR) is 106 cm³/mol. The van der Waals surface area contributed by atoms with Crippen LogP contribution >= 0.6 is 0 Å². The second kappa shape index (κ2) is 7.46. The zero-order chi connectivity index (χ0) is 19.6. The van der Waals surface area contributed by atoms with Crippen molar-refractivity contribution in [3.05, 3.63) is 60.5 Å². The monoisotopic (exact) mass is 388 g/mol. The summed E-state index contributed by atoms with van der Waals surface area (Å²) in [6.45, 7) is 1.46. The fourth-order valence-corrected chi connectivity index (χ4v) is 3.89. The van der Waals surface area contributed by atoms with Crippen molar-refractivity contribution >= 4 is 16.8 Å². The van der Waals surface area contributed by atoms with E-state index in [1.807, 2.05) is 35.4 Å². The molecular weight excluding hydrogens is 368 g/mol. The summed E-state index contributed by atoms with van der Waals surface area (Å²) >= 11 is 0. The molecule has 1 amide bonds. The van der Waals surface area contributed by atoms with Crippen molar-refractivity contribution in [2.45, 2.75) is 19.3 Å². The quantitative estimate of drug-likeness (QED) is 0.576. The molecule has 1 atom stereocenters. The Bertz CT molecular complexity index is 1140. The molecule has 1 saturated heterocycles. The van der Waals surface area contributed by atoms with Crippen LogP contribution in [0.2, 0.25) is 0 Å². The first-order valence-electron chi connectivity index (χ1n) is 9.71. The molecule has 3 aromatic heterocycles. The van der Waals surface area contributed by atoms with Gasteiger partial charge in [0.05, 0.1) is 6.20 Å². The number of rotatable bonds is 4. The summed E-state index contributed by atoms with van der Waals surface area (Å²) in [7, 11) is 0. The number of aromatic nitrogens is 5. The van der Waals surface area contributed by atoms with E-state index in [2.05, 4.69) is 25.1 Å². The molecule has 4 aromatic rings. The lowest BCUT2D eigenvalue weighted by Gasteiger charge is -2.32. The third kappa shape index (κ3) is 3.61. The molecule has 0 radical (unpaired) electrons. The second-order valence-corrected chi connectivity index (χ2v) is 7.35. The van der Waals surface area contributed by atoms with Crippen LogP contribution in [0.4, 0.5) is 0 Å². The summed E-state index contributed by atoms with van der Waals surface area (Å²) in [4.78, 5) is 30.8. The topological polar surface area (TPSA) is 101 Å². The number of carbonyl (C=O) groups is 1. The number of piperidine rings is 1. The number of amides is 1. The molecule has 1 N–H and O–H groups in total. The number of hydrogen-bond donors (Lipinski definition) is 1. The van der Waals surface area contributed by atoms with Gasteiger partial charge in [0.1, 0.15) is 5.69 Å². The number of benzene rings is 1. The van der Waals surface area contributed by atoms with Gasteiger partial charge in [-0.3, -0.25) is 9.78 Å². The van der Waals surface area contributed by atoms with Crippen LogP contribution in [0.3, 0.4) is 0 Å². The molecule has 5 rings (SSSR count). The van der Waals surface area contributed by atoms with Crippen molar-refractivity contribution in [2.24, 2.45) is 5.92 Å². The Morgan fingerprint density at radius 2 is 2.24 bits per heavy atom. The Balaban J connectivity index is 1.27. The van der Waals surface area contributed by atoms with E-state index in [0.29, 0.717) is 36.3 Å². The van der Waals surface area contributed by atoms with Gasteiger partial charge in [-0.25, -0.2) is 4.98 Å².